The molecule has 0 saturated heterocycles. The highest BCUT2D eigenvalue weighted by Gasteiger charge is 1.95. The van der Waals surface area contributed by atoms with Crippen LogP contribution in [0.25, 0.3) is 0 Å². The van der Waals surface area contributed by atoms with Gasteiger partial charge in [0.05, 0.1) is 20.6 Å². The maximum absolute atomic E-state index is 9.65. The van der Waals surface area contributed by atoms with Crippen molar-refractivity contribution in [2.24, 2.45) is 0 Å². The van der Waals surface area contributed by atoms with Gasteiger partial charge in [-0.15, -0.1) is 0 Å². The highest BCUT2D eigenvalue weighted by atomic mass is 16.4. The van der Waals surface area contributed by atoms with Gasteiger partial charge in [-0.2, -0.15) is 0 Å². The van der Waals surface area contributed by atoms with E-state index < -0.39 is 5.97 Å². The quantitative estimate of drug-likeness (QED) is 0.434. The summed E-state index contributed by atoms with van der Waals surface area (Å²) in [6, 6.07) is 0. The number of carboxylic acids is 1. The molecule has 0 bridgehead atoms. The first-order valence-electron chi connectivity index (χ1n) is 10.5. The highest BCUT2D eigenvalue weighted by molar-refractivity contribution is 5.63. The van der Waals surface area contributed by atoms with Crippen LogP contribution in [0.1, 0.15) is 110 Å². The summed E-state index contributed by atoms with van der Waals surface area (Å²) in [6.45, 7) is 5.58. The number of rotatable bonds is 16. The van der Waals surface area contributed by atoms with E-state index >= 15 is 0 Å². The maximum Gasteiger partial charge on any atom is 0.0766 e. The van der Waals surface area contributed by atoms with Gasteiger partial charge in [0.1, 0.15) is 0 Å². The fourth-order valence-electron chi connectivity index (χ4n) is 2.64. The summed E-state index contributed by atoms with van der Waals surface area (Å²) in [7, 11) is 4.50. The minimum atomic E-state index is -0.943. The van der Waals surface area contributed by atoms with Crippen LogP contribution in [0.3, 0.4) is 0 Å². The van der Waals surface area contributed by atoms with Crippen molar-refractivity contribution in [1.82, 2.24) is 0 Å². The van der Waals surface area contributed by atoms with Crippen molar-refractivity contribution >= 4 is 5.97 Å². The molecule has 0 fully saturated rings. The van der Waals surface area contributed by atoms with Gasteiger partial charge in [-0.1, -0.05) is 84.5 Å². The summed E-state index contributed by atoms with van der Waals surface area (Å²) in [4.78, 5) is 11.2. The smallest absolute Gasteiger partial charge is 0.0766 e. The number of carbonyl (C=O) groups excluding carboxylic acids is 1. The summed E-state index contributed by atoms with van der Waals surface area (Å²) in [6.07, 6.45) is 19.3. The molecule has 1 N–H and O–H groups in total. The fraction of sp³-hybridized carbons (Fsp3) is 0.952. The summed E-state index contributed by atoms with van der Waals surface area (Å²) in [5, 5.41) is 9.65. The zero-order valence-corrected chi connectivity index (χ0v) is 17.1. The average Bonchev–Trinajstić information content (AvgIpc) is 2.54. The predicted molar refractivity (Wildman–Crippen MR) is 103 cm³/mol. The molecule has 3 nitrogen and oxygen atoms in total. The third-order valence-electron chi connectivity index (χ3n) is 4.26. The molecule has 0 aliphatic heterocycles. The van der Waals surface area contributed by atoms with E-state index in [9.17, 15) is 9.90 Å². The molecule has 0 aliphatic carbocycles. The Kier molecular flexibility index (Phi) is 24.0. The summed E-state index contributed by atoms with van der Waals surface area (Å²) >= 11 is 0. The van der Waals surface area contributed by atoms with Gasteiger partial charge in [-0.05, 0) is 25.7 Å². The van der Waals surface area contributed by atoms with Crippen LogP contribution in [0.15, 0.2) is 0 Å². The van der Waals surface area contributed by atoms with E-state index in [0.29, 0.717) is 0 Å². The molecule has 0 aromatic heterocycles. The number of aliphatic carboxylic acids is 1. The van der Waals surface area contributed by atoms with Crippen molar-refractivity contribution in [3.8, 4) is 0 Å². The second-order valence-electron chi connectivity index (χ2n) is 7.32. The van der Waals surface area contributed by atoms with Crippen molar-refractivity contribution in [1.29, 1.82) is 0 Å². The topological polar surface area (TPSA) is 44.6 Å². The van der Waals surface area contributed by atoms with Crippen LogP contribution in [0.4, 0.5) is 0 Å². The first kappa shape index (κ1) is 25.7. The second-order valence-corrected chi connectivity index (χ2v) is 7.32. The van der Waals surface area contributed by atoms with E-state index in [0.717, 1.165) is 12.8 Å². The minimum absolute atomic E-state index is 0.205. The van der Waals surface area contributed by atoms with Crippen LogP contribution in [-0.4, -0.2) is 26.6 Å². The number of nitrogens with one attached hydrogen (secondary N) is 1. The monoisotopic (exact) mass is 343 g/mol. The van der Waals surface area contributed by atoms with Crippen LogP contribution < -0.4 is 10.0 Å². The van der Waals surface area contributed by atoms with E-state index in [1.165, 1.54) is 83.6 Å². The molecule has 0 spiro atoms. The predicted octanol–water partition coefficient (Wildman–Crippen LogP) is 3.76. The number of carboxylic acid groups (broad SMARTS) is 1. The first-order chi connectivity index (χ1) is 11.5. The summed E-state index contributed by atoms with van der Waals surface area (Å²) in [5.74, 6) is -0.943. The lowest BCUT2D eigenvalue weighted by Gasteiger charge is -2.06. The number of hydrogen-bond donors (Lipinski definition) is 1. The molecule has 0 atom stereocenters. The van der Waals surface area contributed by atoms with E-state index in [1.807, 2.05) is 6.92 Å². The highest BCUT2D eigenvalue weighted by Crippen LogP contribution is 2.11. The first-order valence-corrected chi connectivity index (χ1v) is 10.5. The third kappa shape index (κ3) is 29.4. The molecule has 24 heavy (non-hydrogen) atoms. The van der Waals surface area contributed by atoms with Crippen molar-refractivity contribution in [3.63, 3.8) is 0 Å². The zero-order chi connectivity index (χ0) is 18.5. The van der Waals surface area contributed by atoms with Crippen LogP contribution in [0.5, 0.6) is 0 Å². The van der Waals surface area contributed by atoms with Gasteiger partial charge >= 0.3 is 0 Å². The lowest BCUT2D eigenvalue weighted by atomic mass is 10.1. The van der Waals surface area contributed by atoms with Gasteiger partial charge in [0, 0.05) is 5.97 Å². The van der Waals surface area contributed by atoms with E-state index in [1.54, 1.807) is 4.90 Å². The number of quaternary nitrogens is 1. The Hall–Kier alpha value is -0.570. The molecular formula is C21H45NO2. The molecule has 0 radical (unpaired) electrons. The van der Waals surface area contributed by atoms with Gasteiger partial charge < -0.3 is 14.8 Å². The molecule has 0 heterocycles. The molecule has 0 aliphatic rings. The fourth-order valence-corrected chi connectivity index (χ4v) is 2.64. The third-order valence-corrected chi connectivity index (χ3v) is 4.26. The van der Waals surface area contributed by atoms with Gasteiger partial charge in [-0.25, -0.2) is 0 Å². The molecule has 0 rings (SSSR count). The number of unbranched alkanes of at least 4 members (excludes halogenated alkanes) is 12. The summed E-state index contributed by atoms with van der Waals surface area (Å²) < 4.78 is 0. The lowest BCUT2D eigenvalue weighted by molar-refractivity contribution is -0.858. The standard InChI is InChI=1S/C16H35N.C5H10O2/c1-4-5-6-7-8-9-10-11-12-13-14-15-16-17(2)3;1-2-3-4-5(6)7/h4-16H2,1-3H3;2-4H2,1H3,(H,6,7). The van der Waals surface area contributed by atoms with E-state index in [2.05, 4.69) is 21.0 Å². The summed E-state index contributed by atoms with van der Waals surface area (Å²) in [5.41, 5.74) is 0. The Labute approximate surface area is 152 Å². The number of carbonyl (C=O) groups is 1. The van der Waals surface area contributed by atoms with Gasteiger partial charge in [-0.3, -0.25) is 0 Å². The van der Waals surface area contributed by atoms with Crippen LogP contribution >= 0.6 is 0 Å². The molecule has 0 amide bonds. The Bertz CT molecular complexity index is 242. The van der Waals surface area contributed by atoms with E-state index in [4.69, 9.17) is 0 Å². The lowest BCUT2D eigenvalue weighted by Crippen LogP contribution is -3.05. The largest absolute Gasteiger partial charge is 0.550 e. The molecule has 0 aromatic carbocycles. The Morgan fingerprint density at radius 1 is 0.667 bits per heavy atom. The molecule has 0 saturated carbocycles. The normalized spacial score (nSPS) is 10.5. The van der Waals surface area contributed by atoms with Crippen LogP contribution in [0.2, 0.25) is 0 Å². The Balaban J connectivity index is 0. The molecule has 0 unspecified atom stereocenters. The molecule has 3 heteroatoms. The number of hydrogen-bond acceptors (Lipinski definition) is 2. The second kappa shape index (κ2) is 22.4. The average molecular weight is 344 g/mol. The van der Waals surface area contributed by atoms with Crippen LogP contribution in [-0.2, 0) is 4.79 Å². The Morgan fingerprint density at radius 2 is 1.04 bits per heavy atom. The van der Waals surface area contributed by atoms with E-state index in [-0.39, 0.29) is 6.42 Å². The van der Waals surface area contributed by atoms with Crippen molar-refractivity contribution in [2.45, 2.75) is 110 Å². The van der Waals surface area contributed by atoms with Crippen LogP contribution in [0, 0.1) is 0 Å². The zero-order valence-electron chi connectivity index (χ0n) is 17.1. The van der Waals surface area contributed by atoms with Gasteiger partial charge in [0.15, 0.2) is 0 Å². The van der Waals surface area contributed by atoms with Gasteiger partial charge in [0.25, 0.3) is 0 Å². The van der Waals surface area contributed by atoms with Crippen molar-refractivity contribution < 1.29 is 14.8 Å². The molecular weight excluding hydrogens is 298 g/mol. The molecule has 0 aromatic rings. The minimum Gasteiger partial charge on any atom is -0.550 e. The maximum atomic E-state index is 9.65. The van der Waals surface area contributed by atoms with Crippen molar-refractivity contribution in [2.75, 3.05) is 20.6 Å². The Morgan fingerprint density at radius 3 is 1.33 bits per heavy atom. The van der Waals surface area contributed by atoms with Crippen molar-refractivity contribution in [3.05, 3.63) is 0 Å². The SMILES string of the molecule is CCCCC(=O)[O-].CCCCCCCCCCCCCC[NH+](C)C. The molecule has 146 valence electrons. The van der Waals surface area contributed by atoms with Gasteiger partial charge in [0.2, 0.25) is 0 Å².